The lowest BCUT2D eigenvalue weighted by Crippen LogP contribution is -2.44. The van der Waals surface area contributed by atoms with Crippen LogP contribution in [0.15, 0.2) is 42.5 Å². The number of nitro benzene ring substituents is 1. The van der Waals surface area contributed by atoms with E-state index in [1.165, 1.54) is 12.1 Å². The second-order valence-electron chi connectivity index (χ2n) is 6.56. The van der Waals surface area contributed by atoms with Crippen molar-refractivity contribution in [2.75, 3.05) is 42.6 Å². The van der Waals surface area contributed by atoms with Gasteiger partial charge in [-0.15, -0.1) is 12.4 Å². The van der Waals surface area contributed by atoms with E-state index in [0.717, 1.165) is 31.9 Å². The number of nitrogens with one attached hydrogen (secondary N) is 1. The third-order valence-electron chi connectivity index (χ3n) is 4.83. The van der Waals surface area contributed by atoms with E-state index in [2.05, 4.69) is 10.2 Å². The average Bonchev–Trinajstić information content (AvgIpc) is 2.70. The van der Waals surface area contributed by atoms with Crippen LogP contribution in [0, 0.1) is 10.1 Å². The first-order chi connectivity index (χ1) is 13.1. The topological polar surface area (TPSA) is 88.0 Å². The number of benzene rings is 2. The number of para-hydroxylation sites is 1. The molecule has 0 bridgehead atoms. The number of amides is 1. The van der Waals surface area contributed by atoms with Crippen LogP contribution in [0.25, 0.3) is 0 Å². The molecule has 2 aromatic carbocycles. The molecule has 2 heterocycles. The molecule has 1 fully saturated rings. The number of halogens is 1. The first kappa shape index (κ1) is 19.9. The molecule has 4 rings (SSSR count). The number of ether oxygens (including phenoxy) is 1. The van der Waals surface area contributed by atoms with Gasteiger partial charge in [-0.2, -0.15) is 0 Å². The van der Waals surface area contributed by atoms with Crippen molar-refractivity contribution in [3.8, 4) is 5.75 Å². The van der Waals surface area contributed by atoms with Crippen molar-refractivity contribution in [2.24, 2.45) is 0 Å². The van der Waals surface area contributed by atoms with Gasteiger partial charge >= 0.3 is 0 Å². The number of rotatable bonds is 4. The molecule has 8 nitrogen and oxygen atoms in total. The Balaban J connectivity index is 0.00000225. The summed E-state index contributed by atoms with van der Waals surface area (Å²) in [4.78, 5) is 27.0. The number of hydrogen-bond acceptors (Lipinski definition) is 6. The first-order valence-electron chi connectivity index (χ1n) is 8.88. The fraction of sp³-hybridized carbons (Fsp3) is 0.316. The maximum atomic E-state index is 12.5. The molecule has 0 atom stereocenters. The molecule has 2 aromatic rings. The lowest BCUT2D eigenvalue weighted by molar-refractivity contribution is -0.384. The number of nitro groups is 1. The van der Waals surface area contributed by atoms with Crippen molar-refractivity contribution in [1.82, 2.24) is 5.32 Å². The lowest BCUT2D eigenvalue weighted by atomic mass is 10.1. The van der Waals surface area contributed by atoms with Crippen LogP contribution >= 0.6 is 12.4 Å². The molecule has 0 radical (unpaired) electrons. The molecule has 9 heteroatoms. The summed E-state index contributed by atoms with van der Waals surface area (Å²) in [6.45, 7) is 3.78. The quantitative estimate of drug-likeness (QED) is 0.621. The number of carbonyl (C=O) groups excluding carboxylic acids is 1. The molecule has 148 valence electrons. The van der Waals surface area contributed by atoms with Gasteiger partial charge in [0.2, 0.25) is 0 Å². The Hall–Kier alpha value is -2.84. The molecule has 0 saturated carbocycles. The van der Waals surface area contributed by atoms with Gasteiger partial charge < -0.3 is 19.9 Å². The summed E-state index contributed by atoms with van der Waals surface area (Å²) >= 11 is 0. The maximum absolute atomic E-state index is 12.5. The zero-order valence-electron chi connectivity index (χ0n) is 15.2. The normalized spacial score (nSPS) is 16.1. The summed E-state index contributed by atoms with van der Waals surface area (Å²) in [6.07, 6.45) is 0. The average molecular weight is 405 g/mol. The smallest absolute Gasteiger partial charge is 0.269 e. The molecule has 2 aliphatic heterocycles. The van der Waals surface area contributed by atoms with E-state index in [-0.39, 0.29) is 37.2 Å². The van der Waals surface area contributed by atoms with Crippen molar-refractivity contribution in [3.63, 3.8) is 0 Å². The molecule has 1 amide bonds. The lowest BCUT2D eigenvalue weighted by Gasteiger charge is -2.35. The number of non-ortho nitro benzene ring substituents is 1. The Morgan fingerprint density at radius 2 is 1.82 bits per heavy atom. The number of anilines is 2. The predicted octanol–water partition coefficient (Wildman–Crippen LogP) is 2.35. The van der Waals surface area contributed by atoms with E-state index < -0.39 is 4.92 Å². The number of piperazine rings is 1. The van der Waals surface area contributed by atoms with Gasteiger partial charge in [-0.3, -0.25) is 14.9 Å². The zero-order chi connectivity index (χ0) is 18.8. The van der Waals surface area contributed by atoms with Crippen LogP contribution in [0.4, 0.5) is 17.1 Å². The highest BCUT2D eigenvalue weighted by Gasteiger charge is 2.29. The van der Waals surface area contributed by atoms with E-state index in [4.69, 9.17) is 4.74 Å². The van der Waals surface area contributed by atoms with Gasteiger partial charge in [0.25, 0.3) is 11.6 Å². The Morgan fingerprint density at radius 3 is 2.57 bits per heavy atom. The molecule has 0 aromatic heterocycles. The molecule has 1 saturated heterocycles. The number of hydrogen-bond donors (Lipinski definition) is 1. The molecule has 1 N–H and O–H groups in total. The Bertz CT molecular complexity index is 886. The van der Waals surface area contributed by atoms with Crippen LogP contribution in [0.3, 0.4) is 0 Å². The summed E-state index contributed by atoms with van der Waals surface area (Å²) in [5, 5.41) is 14.3. The Labute approximate surface area is 168 Å². The summed E-state index contributed by atoms with van der Waals surface area (Å²) < 4.78 is 5.79. The SMILES string of the molecule is Cl.O=C1COc2c(N3CCNCC3)cccc2N1Cc1cccc([N+](=O)[O-])c1. The van der Waals surface area contributed by atoms with E-state index in [0.29, 0.717) is 17.0 Å². The van der Waals surface area contributed by atoms with Crippen molar-refractivity contribution >= 4 is 35.4 Å². The summed E-state index contributed by atoms with van der Waals surface area (Å²) in [6, 6.07) is 12.1. The molecular weight excluding hydrogens is 384 g/mol. The van der Waals surface area contributed by atoms with Gasteiger partial charge in [-0.05, 0) is 17.7 Å². The molecule has 28 heavy (non-hydrogen) atoms. The third kappa shape index (κ3) is 3.88. The Kier molecular flexibility index (Phi) is 6.01. The second kappa shape index (κ2) is 8.45. The molecule has 0 unspecified atom stereocenters. The van der Waals surface area contributed by atoms with E-state index in [1.807, 2.05) is 18.2 Å². The van der Waals surface area contributed by atoms with Crippen LogP contribution < -0.4 is 19.9 Å². The molecule has 2 aliphatic rings. The van der Waals surface area contributed by atoms with E-state index >= 15 is 0 Å². The van der Waals surface area contributed by atoms with Crippen molar-refractivity contribution in [2.45, 2.75) is 6.54 Å². The van der Waals surface area contributed by atoms with Crippen molar-refractivity contribution in [1.29, 1.82) is 0 Å². The number of fused-ring (bicyclic) bond motifs is 1. The van der Waals surface area contributed by atoms with Gasteiger partial charge in [0.15, 0.2) is 12.4 Å². The van der Waals surface area contributed by atoms with Crippen LogP contribution in [0.1, 0.15) is 5.56 Å². The van der Waals surface area contributed by atoms with Gasteiger partial charge in [-0.25, -0.2) is 0 Å². The largest absolute Gasteiger partial charge is 0.479 e. The summed E-state index contributed by atoms with van der Waals surface area (Å²) in [7, 11) is 0. The highest BCUT2D eigenvalue weighted by atomic mass is 35.5. The van der Waals surface area contributed by atoms with Crippen LogP contribution in [-0.2, 0) is 11.3 Å². The third-order valence-corrected chi connectivity index (χ3v) is 4.83. The molecular formula is C19H21ClN4O4. The maximum Gasteiger partial charge on any atom is 0.269 e. The monoisotopic (exact) mass is 404 g/mol. The van der Waals surface area contributed by atoms with Crippen molar-refractivity contribution in [3.05, 3.63) is 58.1 Å². The highest BCUT2D eigenvalue weighted by Crippen LogP contribution is 2.41. The van der Waals surface area contributed by atoms with Gasteiger partial charge in [-0.1, -0.05) is 18.2 Å². The van der Waals surface area contributed by atoms with Crippen molar-refractivity contribution < 1.29 is 14.5 Å². The van der Waals surface area contributed by atoms with Crippen LogP contribution in [0.5, 0.6) is 5.75 Å². The highest BCUT2D eigenvalue weighted by molar-refractivity contribution is 5.99. The van der Waals surface area contributed by atoms with Gasteiger partial charge in [0, 0.05) is 38.3 Å². The minimum Gasteiger partial charge on any atom is -0.479 e. The fourth-order valence-electron chi connectivity index (χ4n) is 3.50. The molecule has 0 spiro atoms. The first-order valence-corrected chi connectivity index (χ1v) is 8.88. The van der Waals surface area contributed by atoms with Crippen LogP contribution in [-0.4, -0.2) is 43.6 Å². The molecule has 0 aliphatic carbocycles. The minimum absolute atomic E-state index is 0. The van der Waals surface area contributed by atoms with Gasteiger partial charge in [0.1, 0.15) is 0 Å². The number of carbonyl (C=O) groups is 1. The van der Waals surface area contributed by atoms with Gasteiger partial charge in [0.05, 0.1) is 22.8 Å². The summed E-state index contributed by atoms with van der Waals surface area (Å²) in [5.74, 6) is 0.538. The van der Waals surface area contributed by atoms with E-state index in [1.54, 1.807) is 17.0 Å². The minimum atomic E-state index is -0.429. The standard InChI is InChI=1S/C19H20N4O4.ClH/c24-18-13-27-19-16(21-9-7-20-8-10-21)5-2-6-17(19)22(18)12-14-3-1-4-15(11-14)23(25)26;/h1-6,11,20H,7-10,12-13H2;1H. The number of nitrogens with zero attached hydrogens (tertiary/aromatic N) is 3. The van der Waals surface area contributed by atoms with Crippen LogP contribution in [0.2, 0.25) is 0 Å². The Morgan fingerprint density at radius 1 is 1.11 bits per heavy atom. The second-order valence-corrected chi connectivity index (χ2v) is 6.56. The fourth-order valence-corrected chi connectivity index (χ4v) is 3.50. The zero-order valence-corrected chi connectivity index (χ0v) is 16.0. The summed E-state index contributed by atoms with van der Waals surface area (Å²) in [5.41, 5.74) is 2.40. The predicted molar refractivity (Wildman–Crippen MR) is 109 cm³/mol. The van der Waals surface area contributed by atoms with E-state index in [9.17, 15) is 14.9 Å².